The van der Waals surface area contributed by atoms with Crippen molar-refractivity contribution < 1.29 is 28.7 Å². The first kappa shape index (κ1) is 24.2. The minimum atomic E-state index is -1.56. The number of alkyl carbamates (subject to hydrolysis) is 1. The molecule has 2 aromatic rings. The highest BCUT2D eigenvalue weighted by Crippen LogP contribution is 2.24. The number of hydrogen-bond acceptors (Lipinski definition) is 6. The largest absolute Gasteiger partial charge is 0.453 e. The van der Waals surface area contributed by atoms with E-state index in [1.807, 2.05) is 36.4 Å². The lowest BCUT2D eigenvalue weighted by molar-refractivity contribution is -0.147. The summed E-state index contributed by atoms with van der Waals surface area (Å²) in [5, 5.41) is 2.54. The number of amides is 1. The molecule has 0 bridgehead atoms. The molecule has 0 spiro atoms. The Morgan fingerprint density at radius 1 is 0.970 bits per heavy atom. The fourth-order valence-electron chi connectivity index (χ4n) is 3.69. The summed E-state index contributed by atoms with van der Waals surface area (Å²) in [6.07, 6.45) is -0.831. The van der Waals surface area contributed by atoms with E-state index in [1.165, 1.54) is 0 Å². The second kappa shape index (κ2) is 10.4. The van der Waals surface area contributed by atoms with Gasteiger partial charge in [-0.2, -0.15) is 0 Å². The van der Waals surface area contributed by atoms with Crippen molar-refractivity contribution in [2.24, 2.45) is 5.92 Å². The van der Waals surface area contributed by atoms with E-state index in [-0.39, 0.29) is 6.42 Å². The van der Waals surface area contributed by atoms with E-state index in [2.05, 4.69) is 5.32 Å². The van der Waals surface area contributed by atoms with Gasteiger partial charge in [0.1, 0.15) is 5.60 Å². The van der Waals surface area contributed by atoms with Gasteiger partial charge in [-0.05, 0) is 51.2 Å². The molecule has 1 N–H and O–H groups in total. The average Bonchev–Trinajstić information content (AvgIpc) is 3.04. The van der Waals surface area contributed by atoms with E-state index < -0.39 is 47.3 Å². The Morgan fingerprint density at radius 3 is 2.12 bits per heavy atom. The predicted octanol–water partition coefficient (Wildman–Crippen LogP) is 3.44. The van der Waals surface area contributed by atoms with Crippen LogP contribution in [0.25, 0.3) is 0 Å². The third kappa shape index (κ3) is 6.75. The monoisotopic (exact) mass is 451 g/mol. The molecule has 3 atom stereocenters. The number of hydrogen-bond donors (Lipinski definition) is 1. The van der Waals surface area contributed by atoms with Gasteiger partial charge in [-0.15, -0.1) is 0 Å². The number of ether oxygens (including phenoxy) is 2. The lowest BCUT2D eigenvalue weighted by atomic mass is 9.89. The molecule has 1 saturated heterocycles. The van der Waals surface area contributed by atoms with Crippen LogP contribution in [-0.2, 0) is 36.7 Å². The fourth-order valence-corrected chi connectivity index (χ4v) is 3.69. The molecular weight excluding hydrogens is 422 g/mol. The Labute approximate surface area is 193 Å². The number of Topliss-reactive ketones (excluding diaryl/α,β-unsaturated/α-hetero) is 2. The van der Waals surface area contributed by atoms with Crippen molar-refractivity contribution in [3.8, 4) is 0 Å². The quantitative estimate of drug-likeness (QED) is 0.488. The van der Waals surface area contributed by atoms with Crippen LogP contribution >= 0.6 is 0 Å². The van der Waals surface area contributed by atoms with Gasteiger partial charge in [-0.1, -0.05) is 60.7 Å². The van der Waals surface area contributed by atoms with Gasteiger partial charge >= 0.3 is 12.1 Å². The van der Waals surface area contributed by atoms with Gasteiger partial charge in [0.05, 0.1) is 6.04 Å². The van der Waals surface area contributed by atoms with Gasteiger partial charge in [0.25, 0.3) is 0 Å². The van der Waals surface area contributed by atoms with E-state index in [9.17, 15) is 19.2 Å². The fraction of sp³-hybridized carbons (Fsp3) is 0.385. The first-order valence-corrected chi connectivity index (χ1v) is 11.0. The highest BCUT2D eigenvalue weighted by atomic mass is 16.6. The normalized spacial score (nSPS) is 19.0. The molecule has 1 fully saturated rings. The summed E-state index contributed by atoms with van der Waals surface area (Å²) in [6, 6.07) is 17.4. The molecule has 1 aliphatic heterocycles. The Morgan fingerprint density at radius 2 is 1.55 bits per heavy atom. The first-order valence-electron chi connectivity index (χ1n) is 11.0. The van der Waals surface area contributed by atoms with Crippen LogP contribution < -0.4 is 5.32 Å². The lowest BCUT2D eigenvalue weighted by Crippen LogP contribution is -2.49. The van der Waals surface area contributed by atoms with Crippen molar-refractivity contribution in [3.63, 3.8) is 0 Å². The van der Waals surface area contributed by atoms with Crippen molar-refractivity contribution in [1.29, 1.82) is 0 Å². The van der Waals surface area contributed by atoms with Crippen LogP contribution in [-0.4, -0.2) is 41.4 Å². The number of nitrogens with one attached hydrogen (secondary N) is 1. The molecule has 2 aromatic carbocycles. The maximum absolute atomic E-state index is 13.3. The first-order chi connectivity index (χ1) is 15.6. The smallest absolute Gasteiger partial charge is 0.408 e. The summed E-state index contributed by atoms with van der Waals surface area (Å²) in [6.45, 7) is 5.11. The molecule has 1 heterocycles. The molecule has 0 saturated carbocycles. The highest BCUT2D eigenvalue weighted by Gasteiger charge is 2.49. The topological polar surface area (TPSA) is 98.8 Å². The molecule has 3 rings (SSSR count). The standard InChI is InChI=1S/C26H29NO6/c1-26(2,3)33-25(31)27-19(16-18-12-8-5-9-13-18)22(28)21-23(29)20(32-24(21)30)15-14-17-10-6-4-7-11-17/h4-13,19-21H,14-16H2,1-3H3,(H,27,31)/t19-,20-,21?/m1/s1. The van der Waals surface area contributed by atoms with Crippen LogP contribution in [0.4, 0.5) is 4.79 Å². The van der Waals surface area contributed by atoms with Crippen molar-refractivity contribution >= 4 is 23.6 Å². The molecule has 0 radical (unpaired) electrons. The van der Waals surface area contributed by atoms with Gasteiger partial charge in [0, 0.05) is 0 Å². The Kier molecular flexibility index (Phi) is 7.63. The number of esters is 1. The van der Waals surface area contributed by atoms with Crippen LogP contribution in [0.5, 0.6) is 0 Å². The van der Waals surface area contributed by atoms with E-state index in [0.717, 1.165) is 11.1 Å². The van der Waals surface area contributed by atoms with Gasteiger partial charge < -0.3 is 14.8 Å². The summed E-state index contributed by atoms with van der Waals surface area (Å²) >= 11 is 0. The van der Waals surface area contributed by atoms with Crippen molar-refractivity contribution in [2.75, 3.05) is 0 Å². The number of aryl methyl sites for hydroxylation is 1. The van der Waals surface area contributed by atoms with Crippen LogP contribution in [0.3, 0.4) is 0 Å². The van der Waals surface area contributed by atoms with Gasteiger partial charge in [0.2, 0.25) is 0 Å². The van der Waals surface area contributed by atoms with E-state index >= 15 is 0 Å². The van der Waals surface area contributed by atoms with Crippen LogP contribution in [0.1, 0.15) is 38.3 Å². The summed E-state index contributed by atoms with van der Waals surface area (Å²) in [7, 11) is 0. The zero-order valence-electron chi connectivity index (χ0n) is 19.1. The van der Waals surface area contributed by atoms with Crippen LogP contribution in [0.15, 0.2) is 60.7 Å². The number of carbonyl (C=O) groups is 4. The van der Waals surface area contributed by atoms with Crippen LogP contribution in [0, 0.1) is 5.92 Å². The molecule has 1 unspecified atom stereocenters. The summed E-state index contributed by atoms with van der Waals surface area (Å²) < 4.78 is 10.5. The maximum Gasteiger partial charge on any atom is 0.408 e. The highest BCUT2D eigenvalue weighted by molar-refractivity contribution is 6.23. The molecule has 0 aromatic heterocycles. The summed E-state index contributed by atoms with van der Waals surface area (Å²) in [5.74, 6) is -3.69. The van der Waals surface area contributed by atoms with Crippen LogP contribution in [0.2, 0.25) is 0 Å². The zero-order chi connectivity index (χ0) is 24.0. The number of rotatable bonds is 8. The second-order valence-corrected chi connectivity index (χ2v) is 9.08. The molecule has 1 amide bonds. The van der Waals surface area contributed by atoms with Gasteiger partial charge in [0.15, 0.2) is 23.6 Å². The third-order valence-electron chi connectivity index (χ3n) is 5.24. The van der Waals surface area contributed by atoms with E-state index in [4.69, 9.17) is 9.47 Å². The molecule has 1 aliphatic rings. The minimum Gasteiger partial charge on any atom is -0.453 e. The number of ketones is 2. The number of cyclic esters (lactones) is 1. The average molecular weight is 452 g/mol. The SMILES string of the molecule is CC(C)(C)OC(=O)N[C@H](Cc1ccccc1)C(=O)C1C(=O)O[C@H](CCc2ccccc2)C1=O. The molecule has 174 valence electrons. The van der Waals surface area contributed by atoms with E-state index in [0.29, 0.717) is 12.8 Å². The van der Waals surface area contributed by atoms with Crippen molar-refractivity contribution in [3.05, 3.63) is 71.8 Å². The maximum atomic E-state index is 13.3. The molecular formula is C26H29NO6. The molecule has 33 heavy (non-hydrogen) atoms. The summed E-state index contributed by atoms with van der Waals surface area (Å²) in [5.41, 5.74) is 1.01. The third-order valence-corrected chi connectivity index (χ3v) is 5.24. The van der Waals surface area contributed by atoms with Crippen molar-refractivity contribution in [2.45, 2.75) is 57.8 Å². The van der Waals surface area contributed by atoms with Crippen molar-refractivity contribution in [1.82, 2.24) is 5.32 Å². The summed E-state index contributed by atoms with van der Waals surface area (Å²) in [4.78, 5) is 51.1. The Bertz CT molecular complexity index is 996. The van der Waals surface area contributed by atoms with E-state index in [1.54, 1.807) is 45.0 Å². The Balaban J connectivity index is 1.73. The lowest BCUT2D eigenvalue weighted by Gasteiger charge is -2.24. The molecule has 7 nitrogen and oxygen atoms in total. The Hall–Kier alpha value is -3.48. The van der Waals surface area contributed by atoms with Gasteiger partial charge in [-0.25, -0.2) is 4.79 Å². The van der Waals surface area contributed by atoms with Gasteiger partial charge in [-0.3, -0.25) is 14.4 Å². The molecule has 7 heteroatoms. The number of benzene rings is 2. The zero-order valence-corrected chi connectivity index (χ0v) is 19.1. The predicted molar refractivity (Wildman–Crippen MR) is 121 cm³/mol. The second-order valence-electron chi connectivity index (χ2n) is 9.08. The number of carbonyl (C=O) groups excluding carboxylic acids is 4. The molecule has 0 aliphatic carbocycles. The minimum absolute atomic E-state index is 0.116.